The van der Waals surface area contributed by atoms with Gasteiger partial charge in [0.25, 0.3) is 5.69 Å². The topological polar surface area (TPSA) is 80.4 Å². The molecule has 0 aliphatic heterocycles. The largest absolute Gasteiger partial charge is 0.481 e. The maximum absolute atomic E-state index is 10.5. The Hall–Kier alpha value is -2.35. The van der Waals surface area contributed by atoms with Gasteiger partial charge in [-0.1, -0.05) is 24.0 Å². The lowest BCUT2D eigenvalue weighted by Crippen LogP contribution is -1.92. The van der Waals surface area contributed by atoms with Crippen molar-refractivity contribution >= 4 is 11.7 Å². The van der Waals surface area contributed by atoms with Crippen LogP contribution in [0.25, 0.3) is 0 Å². The summed E-state index contributed by atoms with van der Waals surface area (Å²) in [6, 6.07) is 5.94. The molecule has 1 aromatic rings. The summed E-state index contributed by atoms with van der Waals surface area (Å²) in [4.78, 5) is 20.2. The number of nitro groups is 1. The summed E-state index contributed by atoms with van der Waals surface area (Å²) >= 11 is 0. The first kappa shape index (κ1) is 10.7. The van der Waals surface area contributed by atoms with Crippen molar-refractivity contribution in [2.75, 3.05) is 0 Å². The van der Waals surface area contributed by atoms with Crippen LogP contribution in [0.1, 0.15) is 12.0 Å². The van der Waals surface area contributed by atoms with Crippen LogP contribution < -0.4 is 0 Å². The van der Waals surface area contributed by atoms with Crippen molar-refractivity contribution in [3.8, 4) is 11.8 Å². The minimum atomic E-state index is -1.05. The van der Waals surface area contributed by atoms with Crippen LogP contribution >= 0.6 is 0 Å². The molecule has 0 amide bonds. The highest BCUT2D eigenvalue weighted by atomic mass is 16.6. The number of nitro benzene ring substituents is 1. The molecule has 1 N–H and O–H groups in total. The smallest absolute Gasteiger partial charge is 0.315 e. The summed E-state index contributed by atoms with van der Waals surface area (Å²) in [7, 11) is 0. The summed E-state index contributed by atoms with van der Waals surface area (Å²) in [5.74, 6) is 3.74. The molecular weight excluding hydrogens is 198 g/mol. The first-order chi connectivity index (χ1) is 7.11. The molecule has 0 atom stereocenters. The number of carboxylic acid groups (broad SMARTS) is 1. The van der Waals surface area contributed by atoms with Gasteiger partial charge in [-0.3, -0.25) is 14.9 Å². The molecule has 0 saturated heterocycles. The summed E-state index contributed by atoms with van der Waals surface area (Å²) < 4.78 is 0. The second kappa shape index (κ2) is 4.77. The van der Waals surface area contributed by atoms with Gasteiger partial charge in [-0.05, 0) is 6.07 Å². The Morgan fingerprint density at radius 2 is 2.13 bits per heavy atom. The zero-order valence-electron chi connectivity index (χ0n) is 7.64. The van der Waals surface area contributed by atoms with Crippen molar-refractivity contribution in [3.05, 3.63) is 39.9 Å². The fourth-order valence-electron chi connectivity index (χ4n) is 0.954. The van der Waals surface area contributed by atoms with Crippen molar-refractivity contribution in [2.24, 2.45) is 0 Å². The minimum Gasteiger partial charge on any atom is -0.481 e. The van der Waals surface area contributed by atoms with E-state index in [-0.39, 0.29) is 17.7 Å². The van der Waals surface area contributed by atoms with Gasteiger partial charge in [0, 0.05) is 6.07 Å². The first-order valence-electron chi connectivity index (χ1n) is 4.05. The average molecular weight is 205 g/mol. The van der Waals surface area contributed by atoms with E-state index >= 15 is 0 Å². The summed E-state index contributed by atoms with van der Waals surface area (Å²) in [6.07, 6.45) is -0.327. The highest BCUT2D eigenvalue weighted by molar-refractivity contribution is 5.70. The van der Waals surface area contributed by atoms with Crippen LogP contribution in [0.3, 0.4) is 0 Å². The number of carboxylic acids is 1. The Balaban J connectivity index is 2.97. The molecule has 76 valence electrons. The molecule has 0 aliphatic rings. The average Bonchev–Trinajstić information content (AvgIpc) is 2.17. The predicted molar refractivity (Wildman–Crippen MR) is 52.2 cm³/mol. The predicted octanol–water partition coefficient (Wildman–Crippen LogP) is 1.42. The van der Waals surface area contributed by atoms with Gasteiger partial charge in [0.15, 0.2) is 0 Å². The lowest BCUT2D eigenvalue weighted by Gasteiger charge is -1.93. The molecule has 0 aromatic heterocycles. The monoisotopic (exact) mass is 205 g/mol. The number of carbonyl (C=O) groups is 1. The summed E-state index contributed by atoms with van der Waals surface area (Å²) in [6.45, 7) is 0. The van der Waals surface area contributed by atoms with Crippen LogP contribution in [-0.2, 0) is 4.79 Å². The van der Waals surface area contributed by atoms with Crippen molar-refractivity contribution in [3.63, 3.8) is 0 Å². The van der Waals surface area contributed by atoms with Crippen molar-refractivity contribution in [2.45, 2.75) is 6.42 Å². The van der Waals surface area contributed by atoms with Gasteiger partial charge >= 0.3 is 5.97 Å². The molecule has 5 heteroatoms. The molecule has 0 aliphatic carbocycles. The number of hydrogen-bond acceptors (Lipinski definition) is 3. The van der Waals surface area contributed by atoms with E-state index in [0.29, 0.717) is 0 Å². The van der Waals surface area contributed by atoms with Gasteiger partial charge in [-0.15, -0.1) is 0 Å². The van der Waals surface area contributed by atoms with Gasteiger partial charge < -0.3 is 5.11 Å². The Labute approximate surface area is 85.5 Å². The third-order valence-corrected chi connectivity index (χ3v) is 1.56. The molecule has 0 unspecified atom stereocenters. The van der Waals surface area contributed by atoms with Gasteiger partial charge in [-0.2, -0.15) is 0 Å². The van der Waals surface area contributed by atoms with Crippen LogP contribution in [0.2, 0.25) is 0 Å². The third-order valence-electron chi connectivity index (χ3n) is 1.56. The lowest BCUT2D eigenvalue weighted by atomic mass is 10.2. The number of nitrogens with zero attached hydrogens (tertiary/aromatic N) is 1. The van der Waals surface area contributed by atoms with E-state index in [2.05, 4.69) is 11.8 Å². The van der Waals surface area contributed by atoms with Gasteiger partial charge in [-0.25, -0.2) is 0 Å². The van der Waals surface area contributed by atoms with E-state index in [1.165, 1.54) is 18.2 Å². The Bertz CT molecular complexity index is 456. The first-order valence-corrected chi connectivity index (χ1v) is 4.05. The fraction of sp³-hybridized carbons (Fsp3) is 0.100. The van der Waals surface area contributed by atoms with Crippen molar-refractivity contribution < 1.29 is 14.8 Å². The Morgan fingerprint density at radius 3 is 2.73 bits per heavy atom. The molecular formula is C10H7NO4. The van der Waals surface area contributed by atoms with Crippen LogP contribution in [0.5, 0.6) is 0 Å². The standard InChI is InChI=1S/C10H7NO4/c12-10(13)7-3-5-8-4-1-2-6-9(8)11(14)15/h1-2,4,6H,7H2,(H,12,13). The molecule has 0 radical (unpaired) electrons. The second-order valence-electron chi connectivity index (χ2n) is 2.65. The number of hydrogen-bond donors (Lipinski definition) is 1. The number of benzene rings is 1. The quantitative estimate of drug-likeness (QED) is 0.449. The lowest BCUT2D eigenvalue weighted by molar-refractivity contribution is -0.385. The van der Waals surface area contributed by atoms with Gasteiger partial charge in [0.1, 0.15) is 12.0 Å². The van der Waals surface area contributed by atoms with Crippen molar-refractivity contribution in [1.29, 1.82) is 0 Å². The number of aliphatic carboxylic acids is 1. The van der Waals surface area contributed by atoms with E-state index < -0.39 is 10.9 Å². The maximum Gasteiger partial charge on any atom is 0.315 e. The van der Waals surface area contributed by atoms with Crippen molar-refractivity contribution in [1.82, 2.24) is 0 Å². The molecule has 5 nitrogen and oxygen atoms in total. The molecule has 0 spiro atoms. The molecule has 0 fully saturated rings. The van der Waals surface area contributed by atoms with Crippen LogP contribution in [-0.4, -0.2) is 16.0 Å². The molecule has 0 saturated carbocycles. The van der Waals surface area contributed by atoms with E-state index in [1.54, 1.807) is 6.07 Å². The zero-order chi connectivity index (χ0) is 11.3. The molecule has 0 heterocycles. The minimum absolute atomic E-state index is 0.115. The Morgan fingerprint density at radius 1 is 1.47 bits per heavy atom. The van der Waals surface area contributed by atoms with E-state index in [9.17, 15) is 14.9 Å². The number of para-hydroxylation sites is 1. The normalized spacial score (nSPS) is 8.80. The molecule has 0 bridgehead atoms. The fourth-order valence-corrected chi connectivity index (χ4v) is 0.954. The SMILES string of the molecule is O=C(O)CC#Cc1ccccc1[N+](=O)[O-]. The number of rotatable bonds is 2. The molecule has 15 heavy (non-hydrogen) atoms. The van der Waals surface area contributed by atoms with Gasteiger partial charge in [0.2, 0.25) is 0 Å². The van der Waals surface area contributed by atoms with Crippen LogP contribution in [0.15, 0.2) is 24.3 Å². The summed E-state index contributed by atoms with van der Waals surface area (Å²) in [5.41, 5.74) is 0.110. The zero-order valence-corrected chi connectivity index (χ0v) is 7.64. The highest BCUT2D eigenvalue weighted by Gasteiger charge is 2.09. The third kappa shape index (κ3) is 3.12. The van der Waals surface area contributed by atoms with Crippen LogP contribution in [0, 0.1) is 22.0 Å². The summed E-state index contributed by atoms with van der Waals surface area (Å²) in [5, 5.41) is 18.9. The van der Waals surface area contributed by atoms with E-state index in [1.807, 2.05) is 0 Å². The molecule has 1 rings (SSSR count). The van der Waals surface area contributed by atoms with E-state index in [4.69, 9.17) is 5.11 Å². The highest BCUT2D eigenvalue weighted by Crippen LogP contribution is 2.15. The maximum atomic E-state index is 10.5. The second-order valence-corrected chi connectivity index (χ2v) is 2.65. The Kier molecular flexibility index (Phi) is 3.41. The van der Waals surface area contributed by atoms with Gasteiger partial charge in [0.05, 0.1) is 4.92 Å². The molecule has 1 aromatic carbocycles. The van der Waals surface area contributed by atoms with E-state index in [0.717, 1.165) is 0 Å². The van der Waals surface area contributed by atoms with Crippen LogP contribution in [0.4, 0.5) is 5.69 Å².